The second-order valence-corrected chi connectivity index (χ2v) is 7.73. The summed E-state index contributed by atoms with van der Waals surface area (Å²) in [6, 6.07) is 5.07. The Morgan fingerprint density at radius 1 is 1.37 bits per heavy atom. The van der Waals surface area contributed by atoms with E-state index in [4.69, 9.17) is 0 Å². The van der Waals surface area contributed by atoms with E-state index in [1.54, 1.807) is 18.2 Å². The fourth-order valence-corrected chi connectivity index (χ4v) is 3.77. The first kappa shape index (κ1) is 19.4. The van der Waals surface area contributed by atoms with Crippen molar-refractivity contribution in [2.75, 3.05) is 33.7 Å². The number of imidazole rings is 1. The van der Waals surface area contributed by atoms with Gasteiger partial charge in [0.1, 0.15) is 11.6 Å². The Bertz CT molecular complexity index is 784. The van der Waals surface area contributed by atoms with Crippen LogP contribution in [0, 0.1) is 6.92 Å². The number of carbonyl (C=O) groups is 1. The number of phenols is 1. The summed E-state index contributed by atoms with van der Waals surface area (Å²) in [5.74, 6) is 1.62. The molecule has 1 N–H and O–H groups in total. The Morgan fingerprint density at radius 3 is 2.93 bits per heavy atom. The standard InChI is InChI=1S/C21H30N4O2/c1-16-14-17(7-8-19(16)26)21(27)25-11-4-6-18(15-25)20-22-9-13-24(20)12-5-10-23(2)3/h7-9,13-14,18,26H,4-6,10-12,15H2,1-3H3. The number of amides is 1. The van der Waals surface area contributed by atoms with E-state index in [2.05, 4.69) is 34.7 Å². The second-order valence-electron chi connectivity index (χ2n) is 7.73. The van der Waals surface area contributed by atoms with Crippen molar-refractivity contribution in [1.29, 1.82) is 0 Å². The predicted octanol–water partition coefficient (Wildman–Crippen LogP) is 2.87. The van der Waals surface area contributed by atoms with Crippen LogP contribution in [0.25, 0.3) is 0 Å². The molecule has 0 spiro atoms. The molecule has 0 bridgehead atoms. The quantitative estimate of drug-likeness (QED) is 0.849. The Hall–Kier alpha value is -2.34. The monoisotopic (exact) mass is 370 g/mol. The number of carbonyl (C=O) groups excluding carboxylic acids is 1. The molecule has 1 aliphatic heterocycles. The first-order valence-electron chi connectivity index (χ1n) is 9.70. The molecule has 0 saturated carbocycles. The van der Waals surface area contributed by atoms with E-state index < -0.39 is 0 Å². The number of piperidine rings is 1. The maximum atomic E-state index is 12.9. The summed E-state index contributed by atoms with van der Waals surface area (Å²) in [4.78, 5) is 21.7. The number of likely N-dealkylation sites (tertiary alicyclic amines) is 1. The highest BCUT2D eigenvalue weighted by atomic mass is 16.3. The third-order valence-corrected chi connectivity index (χ3v) is 5.27. The van der Waals surface area contributed by atoms with Crippen LogP contribution in [0.2, 0.25) is 0 Å². The number of aryl methyl sites for hydroxylation is 2. The van der Waals surface area contributed by atoms with Crippen molar-refractivity contribution in [1.82, 2.24) is 19.4 Å². The highest BCUT2D eigenvalue weighted by Gasteiger charge is 2.28. The molecule has 1 atom stereocenters. The van der Waals surface area contributed by atoms with E-state index in [0.717, 1.165) is 50.3 Å². The molecular weight excluding hydrogens is 340 g/mol. The third kappa shape index (κ3) is 4.69. The van der Waals surface area contributed by atoms with Crippen molar-refractivity contribution >= 4 is 5.91 Å². The number of aromatic hydroxyl groups is 1. The zero-order valence-electron chi connectivity index (χ0n) is 16.6. The first-order valence-corrected chi connectivity index (χ1v) is 9.70. The van der Waals surface area contributed by atoms with Crippen LogP contribution in [-0.4, -0.2) is 64.1 Å². The number of hydrogen-bond donors (Lipinski definition) is 1. The van der Waals surface area contributed by atoms with Gasteiger partial charge in [0, 0.05) is 43.5 Å². The fourth-order valence-electron chi connectivity index (χ4n) is 3.77. The Balaban J connectivity index is 1.68. The summed E-state index contributed by atoms with van der Waals surface area (Å²) in [7, 11) is 4.18. The summed E-state index contributed by atoms with van der Waals surface area (Å²) in [5.41, 5.74) is 1.37. The molecule has 146 valence electrons. The molecule has 1 aliphatic rings. The van der Waals surface area contributed by atoms with Crippen LogP contribution in [0.3, 0.4) is 0 Å². The molecule has 0 aliphatic carbocycles. The minimum absolute atomic E-state index is 0.0357. The minimum Gasteiger partial charge on any atom is -0.508 e. The van der Waals surface area contributed by atoms with Gasteiger partial charge in [0.15, 0.2) is 0 Å². The van der Waals surface area contributed by atoms with E-state index in [-0.39, 0.29) is 17.6 Å². The van der Waals surface area contributed by atoms with Gasteiger partial charge in [0.2, 0.25) is 0 Å². The molecule has 3 rings (SSSR count). The lowest BCUT2D eigenvalue weighted by atomic mass is 9.96. The molecule has 1 saturated heterocycles. The van der Waals surface area contributed by atoms with Crippen molar-refractivity contribution in [3.05, 3.63) is 47.5 Å². The molecule has 0 radical (unpaired) electrons. The molecule has 1 aromatic heterocycles. The lowest BCUT2D eigenvalue weighted by molar-refractivity contribution is 0.0703. The molecular formula is C21H30N4O2. The maximum absolute atomic E-state index is 12.9. The van der Waals surface area contributed by atoms with E-state index >= 15 is 0 Å². The molecule has 2 heterocycles. The molecule has 1 amide bonds. The summed E-state index contributed by atoms with van der Waals surface area (Å²) in [6.07, 6.45) is 7.05. The van der Waals surface area contributed by atoms with Gasteiger partial charge in [-0.15, -0.1) is 0 Å². The predicted molar refractivity (Wildman–Crippen MR) is 106 cm³/mol. The van der Waals surface area contributed by atoms with Crippen molar-refractivity contribution in [3.63, 3.8) is 0 Å². The van der Waals surface area contributed by atoms with Crippen molar-refractivity contribution in [2.24, 2.45) is 0 Å². The number of hydrogen-bond acceptors (Lipinski definition) is 4. The van der Waals surface area contributed by atoms with Gasteiger partial charge in [-0.25, -0.2) is 4.98 Å². The van der Waals surface area contributed by atoms with Gasteiger partial charge in [-0.1, -0.05) is 0 Å². The van der Waals surface area contributed by atoms with E-state index in [1.165, 1.54) is 0 Å². The lowest BCUT2D eigenvalue weighted by Gasteiger charge is -2.33. The fraction of sp³-hybridized carbons (Fsp3) is 0.524. The van der Waals surface area contributed by atoms with Crippen LogP contribution in [0.5, 0.6) is 5.75 Å². The molecule has 1 aromatic carbocycles. The number of rotatable bonds is 6. The summed E-state index contributed by atoms with van der Waals surface area (Å²) in [6.45, 7) is 5.29. The SMILES string of the molecule is Cc1cc(C(=O)N2CCCC(c3nccn3CCCN(C)C)C2)ccc1O. The number of nitrogens with zero attached hydrogens (tertiary/aromatic N) is 4. The largest absolute Gasteiger partial charge is 0.508 e. The molecule has 1 fully saturated rings. The van der Waals surface area contributed by atoms with E-state index in [0.29, 0.717) is 12.1 Å². The number of benzene rings is 1. The van der Waals surface area contributed by atoms with Gasteiger partial charge in [-0.3, -0.25) is 4.79 Å². The van der Waals surface area contributed by atoms with Gasteiger partial charge in [-0.05, 0) is 70.6 Å². The van der Waals surface area contributed by atoms with Crippen LogP contribution in [0.1, 0.15) is 46.9 Å². The van der Waals surface area contributed by atoms with Crippen LogP contribution in [-0.2, 0) is 6.54 Å². The van der Waals surface area contributed by atoms with Crippen LogP contribution in [0.15, 0.2) is 30.6 Å². The second kappa shape index (κ2) is 8.57. The molecule has 6 heteroatoms. The van der Waals surface area contributed by atoms with Crippen LogP contribution in [0.4, 0.5) is 0 Å². The number of aromatic nitrogens is 2. The lowest BCUT2D eigenvalue weighted by Crippen LogP contribution is -2.39. The normalized spacial score (nSPS) is 17.5. The zero-order chi connectivity index (χ0) is 19.4. The van der Waals surface area contributed by atoms with Crippen LogP contribution >= 0.6 is 0 Å². The molecule has 27 heavy (non-hydrogen) atoms. The van der Waals surface area contributed by atoms with Crippen LogP contribution < -0.4 is 0 Å². The van der Waals surface area contributed by atoms with Crippen molar-refractivity contribution in [2.45, 2.75) is 38.6 Å². The molecule has 1 unspecified atom stereocenters. The van der Waals surface area contributed by atoms with E-state index in [9.17, 15) is 9.90 Å². The Morgan fingerprint density at radius 2 is 2.19 bits per heavy atom. The summed E-state index contributed by atoms with van der Waals surface area (Å²) in [5, 5.41) is 9.70. The van der Waals surface area contributed by atoms with Gasteiger partial charge < -0.3 is 19.5 Å². The van der Waals surface area contributed by atoms with Crippen molar-refractivity contribution < 1.29 is 9.90 Å². The van der Waals surface area contributed by atoms with Crippen molar-refractivity contribution in [3.8, 4) is 5.75 Å². The average molecular weight is 370 g/mol. The maximum Gasteiger partial charge on any atom is 0.253 e. The molecule has 2 aromatic rings. The van der Waals surface area contributed by atoms with Gasteiger partial charge in [-0.2, -0.15) is 0 Å². The Labute approximate surface area is 161 Å². The van der Waals surface area contributed by atoms with Gasteiger partial charge in [0.05, 0.1) is 0 Å². The smallest absolute Gasteiger partial charge is 0.253 e. The third-order valence-electron chi connectivity index (χ3n) is 5.27. The first-order chi connectivity index (χ1) is 13.0. The average Bonchev–Trinajstić information content (AvgIpc) is 3.12. The van der Waals surface area contributed by atoms with Gasteiger partial charge >= 0.3 is 0 Å². The zero-order valence-corrected chi connectivity index (χ0v) is 16.6. The molecule has 6 nitrogen and oxygen atoms in total. The highest BCUT2D eigenvalue weighted by Crippen LogP contribution is 2.27. The summed E-state index contributed by atoms with van der Waals surface area (Å²) < 4.78 is 2.24. The topological polar surface area (TPSA) is 61.6 Å². The van der Waals surface area contributed by atoms with E-state index in [1.807, 2.05) is 18.0 Å². The summed E-state index contributed by atoms with van der Waals surface area (Å²) >= 11 is 0. The highest BCUT2D eigenvalue weighted by molar-refractivity contribution is 5.94. The van der Waals surface area contributed by atoms with Gasteiger partial charge in [0.25, 0.3) is 5.91 Å². The Kier molecular flexibility index (Phi) is 6.16. The minimum atomic E-state index is 0.0357. The number of phenolic OH excluding ortho intramolecular Hbond substituents is 1.